The number of Topliss-reactive ketones (excluding diaryl/α,β-unsaturated/α-hetero) is 1. The van der Waals surface area contributed by atoms with E-state index in [2.05, 4.69) is 5.32 Å². The molecule has 1 atom stereocenters. The molecular weight excluding hydrogens is 280 g/mol. The average Bonchev–Trinajstić information content (AvgIpc) is 2.35. The molecule has 0 saturated heterocycles. The summed E-state index contributed by atoms with van der Waals surface area (Å²) in [4.78, 5) is 11.3. The Labute approximate surface area is 119 Å². The van der Waals surface area contributed by atoms with Crippen LogP contribution in [-0.4, -0.2) is 37.6 Å². The summed E-state index contributed by atoms with van der Waals surface area (Å²) in [6, 6.07) is 3.62. The Bertz CT molecular complexity index is 540. The van der Waals surface area contributed by atoms with Gasteiger partial charge < -0.3 is 5.32 Å². The molecule has 0 amide bonds. The molecule has 112 valence electrons. The van der Waals surface area contributed by atoms with Crippen LogP contribution < -0.4 is 9.88 Å². The Morgan fingerprint density at radius 3 is 2.45 bits per heavy atom. The van der Waals surface area contributed by atoms with Gasteiger partial charge in [-0.3, -0.25) is 9.35 Å². The van der Waals surface area contributed by atoms with Gasteiger partial charge in [0.25, 0.3) is 10.1 Å². The SMILES string of the molecule is CN[C@@H](Cc1cc[n+](CCCS(=O)(=O)O)cc1)C(C)=O. The van der Waals surface area contributed by atoms with Gasteiger partial charge in [-0.2, -0.15) is 8.42 Å². The molecule has 1 aromatic rings. The summed E-state index contributed by atoms with van der Waals surface area (Å²) in [5.74, 6) is -0.147. The number of pyridine rings is 1. The molecule has 0 aliphatic rings. The van der Waals surface area contributed by atoms with Gasteiger partial charge in [-0.05, 0) is 26.0 Å². The van der Waals surface area contributed by atoms with Crippen molar-refractivity contribution in [3.05, 3.63) is 30.1 Å². The molecule has 7 heteroatoms. The van der Waals surface area contributed by atoms with Crippen LogP contribution in [0.1, 0.15) is 18.9 Å². The second-order valence-electron chi connectivity index (χ2n) is 4.74. The van der Waals surface area contributed by atoms with Gasteiger partial charge in [0.15, 0.2) is 12.4 Å². The van der Waals surface area contributed by atoms with Crippen LogP contribution in [0.15, 0.2) is 24.5 Å². The van der Waals surface area contributed by atoms with Crippen LogP contribution in [0.5, 0.6) is 0 Å². The van der Waals surface area contributed by atoms with Crippen LogP contribution in [0.25, 0.3) is 0 Å². The minimum Gasteiger partial charge on any atom is -0.310 e. The molecule has 0 fully saturated rings. The molecule has 0 radical (unpaired) electrons. The number of ketones is 1. The molecule has 0 unspecified atom stereocenters. The van der Waals surface area contributed by atoms with E-state index in [4.69, 9.17) is 4.55 Å². The number of nitrogens with zero attached hydrogens (tertiary/aromatic N) is 1. The summed E-state index contributed by atoms with van der Waals surface area (Å²) >= 11 is 0. The van der Waals surface area contributed by atoms with Crippen LogP contribution in [-0.2, 0) is 27.9 Å². The van der Waals surface area contributed by atoms with E-state index in [0.29, 0.717) is 19.4 Å². The number of aromatic nitrogens is 1. The lowest BCUT2D eigenvalue weighted by molar-refractivity contribution is -0.696. The second kappa shape index (κ2) is 7.47. The zero-order chi connectivity index (χ0) is 15.2. The fourth-order valence-corrected chi connectivity index (χ4v) is 2.38. The molecule has 1 aromatic heterocycles. The van der Waals surface area contributed by atoms with E-state index in [1.165, 1.54) is 0 Å². The van der Waals surface area contributed by atoms with Gasteiger partial charge in [0.2, 0.25) is 0 Å². The summed E-state index contributed by atoms with van der Waals surface area (Å²) < 4.78 is 31.7. The van der Waals surface area contributed by atoms with Crippen molar-refractivity contribution in [2.24, 2.45) is 0 Å². The monoisotopic (exact) mass is 301 g/mol. The number of carbonyl (C=O) groups excluding carboxylic acids is 1. The first-order valence-electron chi connectivity index (χ1n) is 6.42. The lowest BCUT2D eigenvalue weighted by atomic mass is 10.0. The third kappa shape index (κ3) is 6.23. The van der Waals surface area contributed by atoms with Crippen molar-refractivity contribution in [2.75, 3.05) is 12.8 Å². The number of aryl methyl sites for hydroxylation is 1. The van der Waals surface area contributed by atoms with Crippen LogP contribution in [0.3, 0.4) is 0 Å². The number of nitrogens with one attached hydrogen (secondary N) is 1. The Morgan fingerprint density at radius 1 is 1.40 bits per heavy atom. The highest BCUT2D eigenvalue weighted by Crippen LogP contribution is 2.02. The van der Waals surface area contributed by atoms with E-state index in [1.54, 1.807) is 14.0 Å². The van der Waals surface area contributed by atoms with Gasteiger partial charge in [0, 0.05) is 18.6 Å². The Kier molecular flexibility index (Phi) is 6.25. The molecule has 1 heterocycles. The number of hydrogen-bond donors (Lipinski definition) is 2. The van der Waals surface area contributed by atoms with Crippen LogP contribution in [0.2, 0.25) is 0 Å². The van der Waals surface area contributed by atoms with Gasteiger partial charge in [0.05, 0.1) is 11.8 Å². The maximum atomic E-state index is 11.3. The highest BCUT2D eigenvalue weighted by molar-refractivity contribution is 7.85. The van der Waals surface area contributed by atoms with Gasteiger partial charge >= 0.3 is 0 Å². The first-order valence-corrected chi connectivity index (χ1v) is 8.03. The normalized spacial score (nSPS) is 13.2. The molecule has 0 saturated carbocycles. The standard InChI is InChI=1S/C13H20N2O4S/c1-11(16)13(14-2)10-12-4-7-15(8-5-12)6-3-9-20(17,18)19/h4-5,7-8,13-14H,3,6,9-10H2,1-2H3/p+1/t13-/m0/s1. The third-order valence-corrected chi connectivity index (χ3v) is 3.86. The molecule has 20 heavy (non-hydrogen) atoms. The molecule has 6 nitrogen and oxygen atoms in total. The van der Waals surface area contributed by atoms with Crippen LogP contribution >= 0.6 is 0 Å². The Balaban J connectivity index is 2.54. The van der Waals surface area contributed by atoms with Crippen molar-refractivity contribution < 1.29 is 22.3 Å². The predicted octanol–water partition coefficient (Wildman–Crippen LogP) is -0.0285. The second-order valence-corrected chi connectivity index (χ2v) is 6.31. The van der Waals surface area contributed by atoms with E-state index < -0.39 is 10.1 Å². The van der Waals surface area contributed by atoms with Crippen molar-refractivity contribution in [3.8, 4) is 0 Å². The molecule has 0 aliphatic carbocycles. The molecule has 0 spiro atoms. The maximum Gasteiger partial charge on any atom is 0.265 e. The van der Waals surface area contributed by atoms with Gasteiger partial charge in [-0.1, -0.05) is 0 Å². The van der Waals surface area contributed by atoms with E-state index in [1.807, 2.05) is 29.1 Å². The first-order chi connectivity index (χ1) is 9.31. The zero-order valence-corrected chi connectivity index (χ0v) is 12.6. The largest absolute Gasteiger partial charge is 0.310 e. The molecule has 1 rings (SSSR count). The lowest BCUT2D eigenvalue weighted by Crippen LogP contribution is -2.36. The van der Waals surface area contributed by atoms with E-state index in [0.717, 1.165) is 5.56 Å². The summed E-state index contributed by atoms with van der Waals surface area (Å²) in [7, 11) is -2.14. The van der Waals surface area contributed by atoms with E-state index in [9.17, 15) is 13.2 Å². The van der Waals surface area contributed by atoms with Crippen molar-refractivity contribution >= 4 is 15.9 Å². The Hall–Kier alpha value is -1.31. The van der Waals surface area contributed by atoms with E-state index >= 15 is 0 Å². The summed E-state index contributed by atoms with van der Waals surface area (Å²) in [5, 5.41) is 2.96. The van der Waals surface area contributed by atoms with Crippen LogP contribution in [0, 0.1) is 0 Å². The zero-order valence-electron chi connectivity index (χ0n) is 11.7. The number of rotatable bonds is 8. The van der Waals surface area contributed by atoms with Crippen molar-refractivity contribution in [1.29, 1.82) is 0 Å². The smallest absolute Gasteiger partial charge is 0.265 e. The van der Waals surface area contributed by atoms with Gasteiger partial charge in [-0.15, -0.1) is 0 Å². The number of likely N-dealkylation sites (N-methyl/N-ethyl adjacent to an activating group) is 1. The summed E-state index contributed by atoms with van der Waals surface area (Å²) in [6.45, 7) is 2.07. The summed E-state index contributed by atoms with van der Waals surface area (Å²) in [5.41, 5.74) is 1.03. The molecule has 2 N–H and O–H groups in total. The minimum absolute atomic E-state index is 0.0948. The fourth-order valence-electron chi connectivity index (χ4n) is 1.89. The molecule has 0 aromatic carbocycles. The molecule has 0 aliphatic heterocycles. The van der Waals surface area contributed by atoms with E-state index in [-0.39, 0.29) is 17.6 Å². The van der Waals surface area contributed by atoms with Crippen LogP contribution in [0.4, 0.5) is 0 Å². The maximum absolute atomic E-state index is 11.3. The van der Waals surface area contributed by atoms with Crippen molar-refractivity contribution in [1.82, 2.24) is 5.32 Å². The topological polar surface area (TPSA) is 87.3 Å². The lowest BCUT2D eigenvalue weighted by Gasteiger charge is -2.11. The minimum atomic E-state index is -3.89. The summed E-state index contributed by atoms with van der Waals surface area (Å²) in [6.07, 6.45) is 4.66. The third-order valence-electron chi connectivity index (χ3n) is 3.06. The number of carbonyl (C=O) groups is 1. The quantitative estimate of drug-likeness (QED) is 0.520. The Morgan fingerprint density at radius 2 is 2.00 bits per heavy atom. The van der Waals surface area contributed by atoms with Gasteiger partial charge in [0.1, 0.15) is 12.3 Å². The molecule has 0 bridgehead atoms. The number of hydrogen-bond acceptors (Lipinski definition) is 4. The van der Waals surface area contributed by atoms with Crippen molar-refractivity contribution in [3.63, 3.8) is 0 Å². The predicted molar refractivity (Wildman–Crippen MR) is 74.9 cm³/mol. The average molecular weight is 301 g/mol. The van der Waals surface area contributed by atoms with Gasteiger partial charge in [-0.25, -0.2) is 4.57 Å². The molecular formula is C13H21N2O4S+. The van der Waals surface area contributed by atoms with Crippen molar-refractivity contribution in [2.45, 2.75) is 32.4 Å². The fraction of sp³-hybridized carbons (Fsp3) is 0.538. The first kappa shape index (κ1) is 16.7. The highest BCUT2D eigenvalue weighted by atomic mass is 32.2. The highest BCUT2D eigenvalue weighted by Gasteiger charge is 2.13.